The standard InChI is InChI=1S/C15H24F6O2.C10H17F3O.C10H18F2O2.C9H15F3O.C9H18O/c1-5-12(2,3)11(22)23-8-6-7-14(18,19)10-15(20,21)9-13(4,16)17;1-6-9(4,5)7(2)14-8(3)10(11,12)13;1-5-9(3,4)8(13)14-7-10(11,12)6-2;1-5-6(2)7(3)13-8(4)9(10,11)12;1-6-9(4,5)8(3)10-7-2/h5-10H2,1-4H3;8H,2,6H2,1,3-5H3;5-7H2,1-4H3;6,8H,3,5H2,1-2,4H3;3,6-7H2,1-2,4-5H3. The molecule has 0 aromatic carbocycles. The fraction of sp³-hybridized carbons (Fsp3) is 0.849. The third-order valence-electron chi connectivity index (χ3n) is 12.1. The van der Waals surface area contributed by atoms with Crippen molar-refractivity contribution in [3.63, 3.8) is 0 Å². The quantitative estimate of drug-likeness (QED) is 0.0351. The first-order valence-corrected chi connectivity index (χ1v) is 24.8. The van der Waals surface area contributed by atoms with Crippen molar-refractivity contribution >= 4 is 11.9 Å². The van der Waals surface area contributed by atoms with Gasteiger partial charge >= 0.3 is 24.3 Å². The maximum atomic E-state index is 13.5. The Morgan fingerprint density at radius 3 is 1.18 bits per heavy atom. The number of carbonyl (C=O) groups is 2. The van der Waals surface area contributed by atoms with E-state index in [1.807, 2.05) is 27.7 Å². The lowest BCUT2D eigenvalue weighted by Crippen LogP contribution is -2.34. The molecule has 74 heavy (non-hydrogen) atoms. The van der Waals surface area contributed by atoms with E-state index in [4.69, 9.17) is 14.2 Å². The second kappa shape index (κ2) is 33.7. The molecule has 0 rings (SSSR count). The Morgan fingerprint density at radius 2 is 0.838 bits per heavy atom. The highest BCUT2D eigenvalue weighted by Gasteiger charge is 2.48. The zero-order valence-corrected chi connectivity index (χ0v) is 47.7. The molecule has 444 valence electrons. The second-order valence-corrected chi connectivity index (χ2v) is 20.8. The van der Waals surface area contributed by atoms with Crippen molar-refractivity contribution in [1.29, 1.82) is 0 Å². The minimum atomic E-state index is -4.33. The highest BCUT2D eigenvalue weighted by atomic mass is 19.4. The van der Waals surface area contributed by atoms with Crippen LogP contribution >= 0.6 is 0 Å². The number of allylic oxidation sites excluding steroid dienone is 3. The Labute approximate surface area is 434 Å². The molecule has 0 spiro atoms. The lowest BCUT2D eigenvalue weighted by molar-refractivity contribution is -0.207. The molecule has 3 unspecified atom stereocenters. The van der Waals surface area contributed by atoms with E-state index >= 15 is 0 Å². The third-order valence-corrected chi connectivity index (χ3v) is 12.1. The number of hydrogen-bond donors (Lipinski definition) is 0. The fourth-order valence-electron chi connectivity index (χ4n) is 4.27. The molecule has 0 aliphatic heterocycles. The van der Waals surface area contributed by atoms with Crippen molar-refractivity contribution in [2.45, 2.75) is 244 Å². The minimum absolute atomic E-state index is 0.0372. The topological polar surface area (TPSA) is 80.3 Å². The van der Waals surface area contributed by atoms with Gasteiger partial charge in [-0.3, -0.25) is 9.59 Å². The first-order valence-electron chi connectivity index (χ1n) is 24.8. The van der Waals surface area contributed by atoms with E-state index in [9.17, 15) is 71.1 Å². The van der Waals surface area contributed by atoms with Gasteiger partial charge in [-0.2, -0.15) is 26.3 Å². The Balaban J connectivity index is -0.000000276. The molecular weight excluding hydrogens is 1010 g/mol. The molecule has 7 nitrogen and oxygen atoms in total. The Hall–Kier alpha value is -3.42. The van der Waals surface area contributed by atoms with Crippen molar-refractivity contribution in [1.82, 2.24) is 0 Å². The highest BCUT2D eigenvalue weighted by Crippen LogP contribution is 2.40. The summed E-state index contributed by atoms with van der Waals surface area (Å²) < 4.78 is 200. The van der Waals surface area contributed by atoms with Crippen LogP contribution < -0.4 is 0 Å². The van der Waals surface area contributed by atoms with Crippen LogP contribution in [0.15, 0.2) is 37.0 Å². The Bertz CT molecular complexity index is 1610. The smallest absolute Gasteiger partial charge is 0.425 e. The van der Waals surface area contributed by atoms with Gasteiger partial charge in [0.25, 0.3) is 23.7 Å². The molecule has 0 heterocycles. The monoisotopic (exact) mass is 1110 g/mol. The summed E-state index contributed by atoms with van der Waals surface area (Å²) in [4.78, 5) is 22.9. The summed E-state index contributed by atoms with van der Waals surface area (Å²) in [5.41, 5.74) is -1.71. The number of carbonyl (C=O) groups excluding carboxylic acids is 2. The molecule has 0 saturated carbocycles. The van der Waals surface area contributed by atoms with Crippen LogP contribution in [0.2, 0.25) is 0 Å². The number of halogens is 14. The highest BCUT2D eigenvalue weighted by molar-refractivity contribution is 5.76. The van der Waals surface area contributed by atoms with Gasteiger partial charge in [0.05, 0.1) is 54.2 Å². The molecule has 0 N–H and O–H groups in total. The summed E-state index contributed by atoms with van der Waals surface area (Å²) in [6.45, 7) is 41.8. The maximum Gasteiger partial charge on any atom is 0.425 e. The largest absolute Gasteiger partial charge is 0.498 e. The SMILES string of the molecule is C=C(OC(C)C(F)(F)F)C(C)(C)CC.C=C(OC(C)C(F)(F)F)C(C)CC.C=C(OCC)C(C)(C)CC.CCC(C)(C)C(=O)OCCCC(F)(F)CC(F)(F)CC(C)(F)F.CCC(F)(F)COC(=O)C(C)(C)CC. The van der Waals surface area contributed by atoms with Gasteiger partial charge in [-0.05, 0) is 93.9 Å². The summed E-state index contributed by atoms with van der Waals surface area (Å²) in [7, 11) is 0. The van der Waals surface area contributed by atoms with Crippen LogP contribution in [0.1, 0.15) is 196 Å². The number of alkyl halides is 14. The van der Waals surface area contributed by atoms with E-state index in [-0.39, 0.29) is 49.2 Å². The predicted octanol–water partition coefficient (Wildman–Crippen LogP) is 18.9. The van der Waals surface area contributed by atoms with Crippen LogP contribution in [-0.4, -0.2) is 80.0 Å². The van der Waals surface area contributed by atoms with E-state index in [1.54, 1.807) is 55.4 Å². The van der Waals surface area contributed by atoms with Crippen molar-refractivity contribution in [2.24, 2.45) is 27.6 Å². The second-order valence-electron chi connectivity index (χ2n) is 20.8. The number of rotatable bonds is 27. The predicted molar refractivity (Wildman–Crippen MR) is 264 cm³/mol. The lowest BCUT2D eigenvalue weighted by Gasteiger charge is -2.29. The first kappa shape index (κ1) is 79.5. The third kappa shape index (κ3) is 38.2. The Morgan fingerprint density at radius 1 is 0.459 bits per heavy atom. The number of hydrogen-bond acceptors (Lipinski definition) is 7. The molecule has 21 heteroatoms. The van der Waals surface area contributed by atoms with Gasteiger partial charge in [0, 0.05) is 29.6 Å². The molecule has 0 radical (unpaired) electrons. The first-order chi connectivity index (χ1) is 32.8. The fourth-order valence-corrected chi connectivity index (χ4v) is 4.27. The van der Waals surface area contributed by atoms with Crippen molar-refractivity contribution < 1.29 is 94.7 Å². The van der Waals surface area contributed by atoms with Gasteiger partial charge in [-0.15, -0.1) is 0 Å². The average Bonchev–Trinajstić information content (AvgIpc) is 3.25. The average molecular weight is 1110 g/mol. The maximum absolute atomic E-state index is 13.5. The molecule has 3 atom stereocenters. The van der Waals surface area contributed by atoms with Crippen LogP contribution in [0.5, 0.6) is 0 Å². The molecule has 0 aromatic heterocycles. The van der Waals surface area contributed by atoms with Gasteiger partial charge in [-0.1, -0.05) is 95.9 Å². The molecule has 0 bridgehead atoms. The normalized spacial score (nSPS) is 14.0. The summed E-state index contributed by atoms with van der Waals surface area (Å²) in [5.74, 6) is -14.5. The van der Waals surface area contributed by atoms with Crippen LogP contribution in [0.25, 0.3) is 0 Å². The van der Waals surface area contributed by atoms with Crippen molar-refractivity contribution in [3.8, 4) is 0 Å². The van der Waals surface area contributed by atoms with Crippen LogP contribution in [0.3, 0.4) is 0 Å². The number of esters is 2. The summed E-state index contributed by atoms with van der Waals surface area (Å²) in [6, 6.07) is 0. The molecule has 0 aliphatic rings. The van der Waals surface area contributed by atoms with Gasteiger partial charge in [0.2, 0.25) is 0 Å². The van der Waals surface area contributed by atoms with Gasteiger partial charge in [0.15, 0.2) is 18.8 Å². The van der Waals surface area contributed by atoms with Crippen molar-refractivity contribution in [2.75, 3.05) is 19.8 Å². The summed E-state index contributed by atoms with van der Waals surface area (Å²) in [5, 5.41) is 0. The zero-order chi connectivity index (χ0) is 60.3. The number of ether oxygens (including phenoxy) is 5. The lowest BCUT2D eigenvalue weighted by atomic mass is 9.88. The van der Waals surface area contributed by atoms with Crippen LogP contribution in [0, 0.1) is 27.6 Å². The van der Waals surface area contributed by atoms with E-state index in [0.29, 0.717) is 19.3 Å². The summed E-state index contributed by atoms with van der Waals surface area (Å²) >= 11 is 0. The molecule has 0 aromatic rings. The van der Waals surface area contributed by atoms with Crippen molar-refractivity contribution in [3.05, 3.63) is 37.0 Å². The minimum Gasteiger partial charge on any atom is -0.498 e. The summed E-state index contributed by atoms with van der Waals surface area (Å²) in [6.07, 6.45) is -14.1. The van der Waals surface area contributed by atoms with Gasteiger partial charge in [0.1, 0.15) is 0 Å². The van der Waals surface area contributed by atoms with E-state index in [1.165, 1.54) is 6.92 Å². The van der Waals surface area contributed by atoms with E-state index in [0.717, 1.165) is 39.1 Å². The molecular formula is C53H92F14O7. The Kier molecular flexibility index (Phi) is 36.2. The van der Waals surface area contributed by atoms with E-state index in [2.05, 4.69) is 50.0 Å². The molecule has 0 fully saturated rings. The molecule has 0 amide bonds. The molecule has 0 saturated heterocycles. The van der Waals surface area contributed by atoms with E-state index < -0.39 is 102 Å². The van der Waals surface area contributed by atoms with Gasteiger partial charge < -0.3 is 23.7 Å². The van der Waals surface area contributed by atoms with Crippen LogP contribution in [0.4, 0.5) is 61.5 Å². The zero-order valence-electron chi connectivity index (χ0n) is 47.7. The van der Waals surface area contributed by atoms with Gasteiger partial charge in [-0.25, -0.2) is 35.1 Å². The molecule has 0 aliphatic carbocycles. The van der Waals surface area contributed by atoms with Crippen LogP contribution in [-0.2, 0) is 33.3 Å².